The molecular weight excluding hydrogens is 544 g/mol. The molecule has 3 aliphatic heterocycles. The molecule has 0 saturated carbocycles. The van der Waals surface area contributed by atoms with Crippen LogP contribution in [0.15, 0.2) is 24.5 Å². The number of alkyl halides is 6. The number of likely N-dealkylation sites (tertiary alicyclic amines) is 1. The number of carboxylic acid groups (broad SMARTS) is 2. The molecule has 3 aliphatic rings. The lowest BCUT2D eigenvalue weighted by Crippen LogP contribution is -2.46. The van der Waals surface area contributed by atoms with Crippen molar-refractivity contribution in [3.63, 3.8) is 0 Å². The number of aliphatic carboxylic acids is 2. The van der Waals surface area contributed by atoms with Crippen LogP contribution in [0.3, 0.4) is 0 Å². The molecule has 1 spiro atoms. The van der Waals surface area contributed by atoms with Crippen molar-refractivity contribution < 1.29 is 60.4 Å². The molecule has 39 heavy (non-hydrogen) atoms. The van der Waals surface area contributed by atoms with Crippen LogP contribution in [0.25, 0.3) is 0 Å². The molecular formula is C23H29F6N3O7. The number of carboxylic acids is 2. The molecule has 2 N–H and O–H groups in total. The topological polar surface area (TPSA) is 130 Å². The van der Waals surface area contributed by atoms with Gasteiger partial charge >= 0.3 is 24.3 Å². The van der Waals surface area contributed by atoms with Crippen molar-refractivity contribution in [1.29, 1.82) is 0 Å². The van der Waals surface area contributed by atoms with E-state index in [1.165, 1.54) is 12.0 Å². The van der Waals surface area contributed by atoms with Crippen molar-refractivity contribution >= 4 is 17.8 Å². The highest BCUT2D eigenvalue weighted by atomic mass is 19.4. The minimum atomic E-state index is -5.08. The second-order valence-corrected chi connectivity index (χ2v) is 9.22. The SMILES string of the molecule is O=C(C1CC2(CCCN(Cc3cccnc3)C2)CO1)N1CCOCC1.O=C(O)C(F)(F)F.O=C(O)C(F)(F)F. The van der Waals surface area contributed by atoms with Gasteiger partial charge in [0.15, 0.2) is 0 Å². The van der Waals surface area contributed by atoms with Crippen molar-refractivity contribution in [2.45, 2.75) is 44.3 Å². The number of ether oxygens (including phenoxy) is 2. The van der Waals surface area contributed by atoms with Gasteiger partial charge in [-0.25, -0.2) is 9.59 Å². The van der Waals surface area contributed by atoms with Crippen molar-refractivity contribution in [2.75, 3.05) is 46.0 Å². The Morgan fingerprint density at radius 1 is 1.03 bits per heavy atom. The van der Waals surface area contributed by atoms with Gasteiger partial charge in [-0.1, -0.05) is 6.07 Å². The van der Waals surface area contributed by atoms with Crippen LogP contribution in [0, 0.1) is 5.41 Å². The molecule has 0 bridgehead atoms. The Balaban J connectivity index is 0.000000317. The van der Waals surface area contributed by atoms with Crippen LogP contribution < -0.4 is 0 Å². The Hall–Kier alpha value is -2.98. The molecule has 0 aliphatic carbocycles. The van der Waals surface area contributed by atoms with Gasteiger partial charge in [-0.3, -0.25) is 14.7 Å². The van der Waals surface area contributed by atoms with E-state index >= 15 is 0 Å². The lowest BCUT2D eigenvalue weighted by atomic mass is 9.78. The van der Waals surface area contributed by atoms with Crippen LogP contribution in [-0.4, -0.2) is 107 Å². The van der Waals surface area contributed by atoms with Gasteiger partial charge in [-0.05, 0) is 37.4 Å². The number of nitrogens with zero attached hydrogens (tertiary/aromatic N) is 3. The van der Waals surface area contributed by atoms with Crippen LogP contribution in [0.1, 0.15) is 24.8 Å². The van der Waals surface area contributed by atoms with Crippen LogP contribution in [0.5, 0.6) is 0 Å². The molecule has 4 heterocycles. The molecule has 1 aromatic rings. The molecule has 220 valence electrons. The Morgan fingerprint density at radius 2 is 1.62 bits per heavy atom. The lowest BCUT2D eigenvalue weighted by Gasteiger charge is -2.39. The van der Waals surface area contributed by atoms with E-state index in [1.54, 1.807) is 0 Å². The minimum Gasteiger partial charge on any atom is -0.475 e. The van der Waals surface area contributed by atoms with Gasteiger partial charge in [0.2, 0.25) is 0 Å². The van der Waals surface area contributed by atoms with Gasteiger partial charge in [0, 0.05) is 44.0 Å². The summed E-state index contributed by atoms with van der Waals surface area (Å²) in [6, 6.07) is 4.12. The minimum absolute atomic E-state index is 0.132. The summed E-state index contributed by atoms with van der Waals surface area (Å²) in [5, 5.41) is 14.2. The fourth-order valence-electron chi connectivity index (χ4n) is 4.41. The van der Waals surface area contributed by atoms with Gasteiger partial charge in [-0.15, -0.1) is 0 Å². The smallest absolute Gasteiger partial charge is 0.475 e. The van der Waals surface area contributed by atoms with E-state index in [0.29, 0.717) is 32.9 Å². The Bertz CT molecular complexity index is 934. The quantitative estimate of drug-likeness (QED) is 0.525. The fraction of sp³-hybridized carbons (Fsp3) is 0.652. The third-order valence-corrected chi connectivity index (χ3v) is 6.16. The number of piperidine rings is 1. The number of hydrogen-bond donors (Lipinski definition) is 2. The van der Waals surface area contributed by atoms with Gasteiger partial charge < -0.3 is 24.6 Å². The number of halogens is 6. The molecule has 1 amide bonds. The fourth-order valence-corrected chi connectivity index (χ4v) is 4.41. The molecule has 4 rings (SSSR count). The zero-order valence-corrected chi connectivity index (χ0v) is 20.7. The summed E-state index contributed by atoms with van der Waals surface area (Å²) in [5.74, 6) is -5.36. The predicted molar refractivity (Wildman–Crippen MR) is 120 cm³/mol. The zero-order chi connectivity index (χ0) is 29.3. The Kier molecular flexibility index (Phi) is 11.5. The highest BCUT2D eigenvalue weighted by Gasteiger charge is 2.46. The molecule has 2 unspecified atom stereocenters. The summed E-state index contributed by atoms with van der Waals surface area (Å²) in [7, 11) is 0. The lowest BCUT2D eigenvalue weighted by molar-refractivity contribution is -0.193. The highest BCUT2D eigenvalue weighted by Crippen LogP contribution is 2.41. The first-order valence-corrected chi connectivity index (χ1v) is 11.8. The second-order valence-electron chi connectivity index (χ2n) is 9.22. The van der Waals surface area contributed by atoms with Gasteiger partial charge in [0.25, 0.3) is 5.91 Å². The first-order valence-electron chi connectivity index (χ1n) is 11.8. The number of hydrogen-bond acceptors (Lipinski definition) is 7. The van der Waals surface area contributed by atoms with Gasteiger partial charge in [0.05, 0.1) is 19.8 Å². The van der Waals surface area contributed by atoms with E-state index in [0.717, 1.165) is 32.5 Å². The molecule has 10 nitrogen and oxygen atoms in total. The van der Waals surface area contributed by atoms with E-state index in [4.69, 9.17) is 29.3 Å². The third-order valence-electron chi connectivity index (χ3n) is 6.16. The number of morpholine rings is 1. The summed E-state index contributed by atoms with van der Waals surface area (Å²) in [5.41, 5.74) is 1.38. The standard InChI is InChI=1S/C19H27N3O3.2C2HF3O2/c23-18(22-7-9-24-10-8-22)17-11-19(15-25-17)4-2-6-21(14-19)13-16-3-1-5-20-12-16;2*3-2(4,5)1(6)7/h1,3,5,12,17H,2,4,6-11,13-15H2;2*(H,6,7). The molecule has 0 aromatic carbocycles. The average Bonchev–Trinajstić information content (AvgIpc) is 3.27. The zero-order valence-electron chi connectivity index (χ0n) is 20.7. The highest BCUT2D eigenvalue weighted by molar-refractivity contribution is 5.81. The summed E-state index contributed by atoms with van der Waals surface area (Å²) >= 11 is 0. The number of carbonyl (C=O) groups excluding carboxylic acids is 1. The van der Waals surface area contributed by atoms with Gasteiger partial charge in [-0.2, -0.15) is 26.3 Å². The van der Waals surface area contributed by atoms with Crippen LogP contribution in [0.4, 0.5) is 26.3 Å². The van der Waals surface area contributed by atoms with Gasteiger partial charge in [0.1, 0.15) is 6.10 Å². The van der Waals surface area contributed by atoms with Crippen LogP contribution in [-0.2, 0) is 30.4 Å². The summed E-state index contributed by atoms with van der Waals surface area (Å²) in [4.78, 5) is 39.1. The summed E-state index contributed by atoms with van der Waals surface area (Å²) in [6.07, 6.45) is -3.50. The van der Waals surface area contributed by atoms with Crippen molar-refractivity contribution in [3.05, 3.63) is 30.1 Å². The second kappa shape index (κ2) is 13.9. The maximum Gasteiger partial charge on any atom is 0.490 e. The first-order chi connectivity index (χ1) is 18.1. The molecule has 0 radical (unpaired) electrons. The third kappa shape index (κ3) is 10.6. The van der Waals surface area contributed by atoms with Crippen LogP contribution >= 0.6 is 0 Å². The largest absolute Gasteiger partial charge is 0.490 e. The van der Waals surface area contributed by atoms with Crippen molar-refractivity contribution in [3.8, 4) is 0 Å². The number of aromatic nitrogens is 1. The Labute approximate surface area is 219 Å². The van der Waals surface area contributed by atoms with E-state index in [1.807, 2.05) is 23.4 Å². The Morgan fingerprint density at radius 3 is 2.13 bits per heavy atom. The van der Waals surface area contributed by atoms with E-state index < -0.39 is 24.3 Å². The summed E-state index contributed by atoms with van der Waals surface area (Å²) in [6.45, 7) is 6.42. The number of pyridine rings is 1. The predicted octanol–water partition coefficient (Wildman–Crippen LogP) is 2.58. The van der Waals surface area contributed by atoms with E-state index in [9.17, 15) is 31.1 Å². The number of carbonyl (C=O) groups is 3. The molecule has 16 heteroatoms. The molecule has 2 atom stereocenters. The van der Waals surface area contributed by atoms with Crippen molar-refractivity contribution in [2.24, 2.45) is 5.41 Å². The number of amides is 1. The maximum atomic E-state index is 12.7. The number of rotatable bonds is 3. The van der Waals surface area contributed by atoms with E-state index in [-0.39, 0.29) is 17.4 Å². The van der Waals surface area contributed by atoms with Crippen LogP contribution in [0.2, 0.25) is 0 Å². The molecule has 3 fully saturated rings. The van der Waals surface area contributed by atoms with Crippen molar-refractivity contribution in [1.82, 2.24) is 14.8 Å². The maximum absolute atomic E-state index is 12.7. The molecule has 3 saturated heterocycles. The summed E-state index contributed by atoms with van der Waals surface area (Å²) < 4.78 is 74.8. The monoisotopic (exact) mass is 573 g/mol. The van der Waals surface area contributed by atoms with E-state index in [2.05, 4.69) is 16.0 Å². The normalized spacial score (nSPS) is 23.7. The average molecular weight is 573 g/mol. The first kappa shape index (κ1) is 32.2. The molecule has 1 aromatic heterocycles.